The monoisotopic (exact) mass is 319 g/mol. The maximum Gasteiger partial charge on any atom is 0.238 e. The second-order valence-corrected chi connectivity index (χ2v) is 6.77. The number of likely N-dealkylation sites (N-methyl/N-ethyl adjacent to an activating group) is 1. The van der Waals surface area contributed by atoms with Crippen LogP contribution in [0.4, 0.5) is 5.69 Å². The summed E-state index contributed by atoms with van der Waals surface area (Å²) in [6.07, 6.45) is 0.857. The average Bonchev–Trinajstić information content (AvgIpc) is 2.42. The number of nitrogens with zero attached hydrogens (tertiary/aromatic N) is 1. The van der Waals surface area contributed by atoms with Crippen LogP contribution in [0.5, 0.6) is 0 Å². The number of hydrogen-bond donors (Lipinski definition) is 2. The molecule has 0 saturated heterocycles. The van der Waals surface area contributed by atoms with Gasteiger partial charge in [0.2, 0.25) is 11.8 Å². The lowest BCUT2D eigenvalue weighted by atomic mass is 10.0. The number of rotatable bonds is 7. The van der Waals surface area contributed by atoms with Crippen LogP contribution in [0.1, 0.15) is 38.3 Å². The minimum absolute atomic E-state index is 0.0702. The van der Waals surface area contributed by atoms with Gasteiger partial charge in [0.15, 0.2) is 0 Å². The molecular weight excluding hydrogens is 290 g/mol. The second kappa shape index (κ2) is 8.11. The number of benzene rings is 1. The molecule has 0 fully saturated rings. The summed E-state index contributed by atoms with van der Waals surface area (Å²) in [6, 6.07) is 5.89. The van der Waals surface area contributed by atoms with E-state index in [1.54, 1.807) is 11.9 Å². The Labute approximate surface area is 139 Å². The van der Waals surface area contributed by atoms with Crippen molar-refractivity contribution in [1.29, 1.82) is 0 Å². The third-order valence-electron chi connectivity index (χ3n) is 3.93. The molecule has 0 aliphatic carbocycles. The number of aryl methyl sites for hydroxylation is 2. The van der Waals surface area contributed by atoms with Crippen LogP contribution in [-0.2, 0) is 9.59 Å². The first-order chi connectivity index (χ1) is 10.6. The Morgan fingerprint density at radius 2 is 1.61 bits per heavy atom. The fourth-order valence-corrected chi connectivity index (χ4v) is 2.24. The summed E-state index contributed by atoms with van der Waals surface area (Å²) in [7, 11) is 1.77. The topological polar surface area (TPSA) is 61.4 Å². The zero-order chi connectivity index (χ0) is 17.6. The zero-order valence-electron chi connectivity index (χ0n) is 15.1. The van der Waals surface area contributed by atoms with Gasteiger partial charge >= 0.3 is 0 Å². The van der Waals surface area contributed by atoms with Crippen molar-refractivity contribution >= 4 is 17.5 Å². The Kier molecular flexibility index (Phi) is 6.76. The highest BCUT2D eigenvalue weighted by Gasteiger charge is 2.19. The first-order valence-corrected chi connectivity index (χ1v) is 8.00. The Morgan fingerprint density at radius 1 is 1.09 bits per heavy atom. The number of carbonyl (C=O) groups is 2. The van der Waals surface area contributed by atoms with Gasteiger partial charge in [-0.3, -0.25) is 14.5 Å². The molecule has 0 radical (unpaired) electrons. The number of hydrogen-bond acceptors (Lipinski definition) is 3. The van der Waals surface area contributed by atoms with Crippen LogP contribution in [0, 0.1) is 13.8 Å². The van der Waals surface area contributed by atoms with Crippen LogP contribution in [-0.4, -0.2) is 42.4 Å². The predicted molar refractivity (Wildman–Crippen MR) is 94.6 cm³/mol. The zero-order valence-corrected chi connectivity index (χ0v) is 15.1. The Bertz CT molecular complexity index is 547. The number of nitrogens with one attached hydrogen (secondary N) is 2. The lowest BCUT2D eigenvalue weighted by Gasteiger charge is -2.26. The highest BCUT2D eigenvalue weighted by molar-refractivity contribution is 5.94. The molecule has 0 bridgehead atoms. The van der Waals surface area contributed by atoms with Crippen LogP contribution in [0.15, 0.2) is 18.2 Å². The molecule has 0 heterocycles. The van der Waals surface area contributed by atoms with Crippen molar-refractivity contribution in [3.05, 3.63) is 29.3 Å². The van der Waals surface area contributed by atoms with E-state index < -0.39 is 0 Å². The van der Waals surface area contributed by atoms with Crippen molar-refractivity contribution in [2.24, 2.45) is 0 Å². The van der Waals surface area contributed by atoms with Crippen LogP contribution in [0.2, 0.25) is 0 Å². The standard InChI is InChI=1S/C18H29N3O2/c1-7-18(4,5)20-16(23)12-21(6)11-15(22)19-17-13(2)9-8-10-14(17)3/h8-10H,7,11-12H2,1-6H3,(H,19,22)(H,20,23). The fraction of sp³-hybridized carbons (Fsp3) is 0.556. The van der Waals surface area contributed by atoms with Crippen molar-refractivity contribution in [1.82, 2.24) is 10.2 Å². The molecule has 0 saturated carbocycles. The van der Waals surface area contributed by atoms with Crippen molar-refractivity contribution in [3.8, 4) is 0 Å². The molecule has 1 aromatic carbocycles. The van der Waals surface area contributed by atoms with Gasteiger partial charge in [0.05, 0.1) is 13.1 Å². The summed E-state index contributed by atoms with van der Waals surface area (Å²) in [5.74, 6) is -0.188. The maximum atomic E-state index is 12.2. The van der Waals surface area contributed by atoms with Gasteiger partial charge in [-0.15, -0.1) is 0 Å². The van der Waals surface area contributed by atoms with Crippen molar-refractivity contribution < 1.29 is 9.59 Å². The van der Waals surface area contributed by atoms with Gasteiger partial charge in [-0.2, -0.15) is 0 Å². The molecule has 0 atom stereocenters. The van der Waals surface area contributed by atoms with Gasteiger partial charge in [-0.1, -0.05) is 25.1 Å². The lowest BCUT2D eigenvalue weighted by molar-refractivity contribution is -0.124. The Hall–Kier alpha value is -1.88. The molecule has 2 N–H and O–H groups in total. The van der Waals surface area contributed by atoms with E-state index in [0.717, 1.165) is 23.2 Å². The Morgan fingerprint density at radius 3 is 2.13 bits per heavy atom. The van der Waals surface area contributed by atoms with Gasteiger partial charge in [0.1, 0.15) is 0 Å². The fourth-order valence-electron chi connectivity index (χ4n) is 2.24. The first-order valence-electron chi connectivity index (χ1n) is 8.00. The molecule has 128 valence electrons. The van der Waals surface area contributed by atoms with E-state index in [-0.39, 0.29) is 30.4 Å². The summed E-state index contributed by atoms with van der Waals surface area (Å²) in [6.45, 7) is 10.3. The van der Waals surface area contributed by atoms with Crippen LogP contribution < -0.4 is 10.6 Å². The SMILES string of the molecule is CCC(C)(C)NC(=O)CN(C)CC(=O)Nc1c(C)cccc1C. The highest BCUT2D eigenvalue weighted by Crippen LogP contribution is 2.19. The summed E-state index contributed by atoms with van der Waals surface area (Å²) in [5, 5.41) is 5.90. The number of anilines is 1. The third-order valence-corrected chi connectivity index (χ3v) is 3.93. The van der Waals surface area contributed by atoms with Crippen LogP contribution in [0.3, 0.4) is 0 Å². The number of carbonyl (C=O) groups excluding carboxylic acids is 2. The molecule has 0 aliphatic heterocycles. The molecular formula is C18H29N3O2. The molecule has 2 amide bonds. The molecule has 0 spiro atoms. The van der Waals surface area contributed by atoms with Crippen molar-refractivity contribution in [3.63, 3.8) is 0 Å². The molecule has 0 aromatic heterocycles. The van der Waals surface area contributed by atoms with Crippen LogP contribution >= 0.6 is 0 Å². The summed E-state index contributed by atoms with van der Waals surface area (Å²) in [5.41, 5.74) is 2.69. The molecule has 23 heavy (non-hydrogen) atoms. The summed E-state index contributed by atoms with van der Waals surface area (Å²) in [4.78, 5) is 25.9. The van der Waals surface area contributed by atoms with Crippen molar-refractivity contribution in [2.45, 2.75) is 46.6 Å². The van der Waals surface area contributed by atoms with E-state index in [2.05, 4.69) is 10.6 Å². The largest absolute Gasteiger partial charge is 0.350 e. The smallest absolute Gasteiger partial charge is 0.238 e. The Balaban J connectivity index is 2.53. The van der Waals surface area contributed by atoms with Gasteiger partial charge < -0.3 is 10.6 Å². The number of amides is 2. The predicted octanol–water partition coefficient (Wildman–Crippen LogP) is 2.48. The minimum atomic E-state index is -0.224. The summed E-state index contributed by atoms with van der Waals surface area (Å²) < 4.78 is 0. The molecule has 5 heteroatoms. The summed E-state index contributed by atoms with van der Waals surface area (Å²) >= 11 is 0. The van der Waals surface area contributed by atoms with E-state index in [1.165, 1.54) is 0 Å². The highest BCUT2D eigenvalue weighted by atomic mass is 16.2. The number of para-hydroxylation sites is 1. The van der Waals surface area contributed by atoms with Gasteiger partial charge in [-0.05, 0) is 52.3 Å². The second-order valence-electron chi connectivity index (χ2n) is 6.77. The quantitative estimate of drug-likeness (QED) is 0.811. The van der Waals surface area contributed by atoms with Gasteiger partial charge in [0, 0.05) is 11.2 Å². The van der Waals surface area contributed by atoms with E-state index in [4.69, 9.17) is 0 Å². The van der Waals surface area contributed by atoms with Crippen molar-refractivity contribution in [2.75, 3.05) is 25.5 Å². The van der Waals surface area contributed by atoms with E-state index in [1.807, 2.05) is 52.8 Å². The third kappa shape index (κ3) is 6.40. The van der Waals surface area contributed by atoms with E-state index in [0.29, 0.717) is 0 Å². The first kappa shape index (κ1) is 19.2. The molecule has 0 unspecified atom stereocenters. The molecule has 1 aromatic rings. The normalized spacial score (nSPS) is 11.4. The van der Waals surface area contributed by atoms with E-state index in [9.17, 15) is 9.59 Å². The lowest BCUT2D eigenvalue weighted by Crippen LogP contribution is -2.47. The molecule has 1 rings (SSSR count). The maximum absolute atomic E-state index is 12.2. The van der Waals surface area contributed by atoms with Gasteiger partial charge in [-0.25, -0.2) is 0 Å². The van der Waals surface area contributed by atoms with E-state index >= 15 is 0 Å². The van der Waals surface area contributed by atoms with Crippen LogP contribution in [0.25, 0.3) is 0 Å². The average molecular weight is 319 g/mol. The molecule has 5 nitrogen and oxygen atoms in total. The minimum Gasteiger partial charge on any atom is -0.350 e. The molecule has 0 aliphatic rings. The van der Waals surface area contributed by atoms with Gasteiger partial charge in [0.25, 0.3) is 0 Å².